The summed E-state index contributed by atoms with van der Waals surface area (Å²) in [6.45, 7) is 0.267. The molecule has 1 amide bonds. The first-order valence-electron chi connectivity index (χ1n) is 7.93. The van der Waals surface area contributed by atoms with Gasteiger partial charge in [-0.1, -0.05) is 47.1 Å². The second-order valence-electron chi connectivity index (χ2n) is 5.80. The molecule has 0 radical (unpaired) electrons. The third-order valence-electron chi connectivity index (χ3n) is 4.08. The van der Waals surface area contributed by atoms with Gasteiger partial charge in [0.2, 0.25) is 0 Å². The van der Waals surface area contributed by atoms with Gasteiger partial charge in [-0.15, -0.1) is 0 Å². The summed E-state index contributed by atoms with van der Waals surface area (Å²) in [6.07, 6.45) is 0.0680. The van der Waals surface area contributed by atoms with Gasteiger partial charge in [0.1, 0.15) is 11.4 Å². The molecular formula is C19H15ClN2O3. The van der Waals surface area contributed by atoms with Crippen LogP contribution in [0.3, 0.4) is 0 Å². The highest BCUT2D eigenvalue weighted by atomic mass is 35.5. The van der Waals surface area contributed by atoms with E-state index in [1.807, 2.05) is 42.5 Å². The number of ether oxygens (including phenoxy) is 1. The number of para-hydroxylation sites is 1. The highest BCUT2D eigenvalue weighted by molar-refractivity contribution is 6.33. The molecule has 3 aromatic rings. The lowest BCUT2D eigenvalue weighted by molar-refractivity contribution is -0.127. The maximum Gasteiger partial charge on any atom is 0.261 e. The molecule has 1 N–H and O–H groups in total. The lowest BCUT2D eigenvalue weighted by Crippen LogP contribution is -2.37. The van der Waals surface area contributed by atoms with Gasteiger partial charge >= 0.3 is 0 Å². The van der Waals surface area contributed by atoms with E-state index in [-0.39, 0.29) is 12.5 Å². The average molecular weight is 355 g/mol. The molecule has 0 spiro atoms. The Labute approximate surface area is 149 Å². The number of benzene rings is 2. The minimum atomic E-state index is -0.507. The fourth-order valence-electron chi connectivity index (χ4n) is 2.80. The Hall–Kier alpha value is -2.79. The first-order valence-corrected chi connectivity index (χ1v) is 8.31. The van der Waals surface area contributed by atoms with E-state index in [9.17, 15) is 4.79 Å². The predicted molar refractivity (Wildman–Crippen MR) is 93.4 cm³/mol. The summed E-state index contributed by atoms with van der Waals surface area (Å²) in [5.74, 6) is 1.17. The highest BCUT2D eigenvalue weighted by Gasteiger charge is 2.28. The van der Waals surface area contributed by atoms with Crippen LogP contribution >= 0.6 is 11.6 Å². The van der Waals surface area contributed by atoms with Crippen molar-refractivity contribution in [3.8, 4) is 17.1 Å². The molecule has 0 saturated carbocycles. The van der Waals surface area contributed by atoms with Crippen LogP contribution in [0.1, 0.15) is 11.3 Å². The number of fused-ring (bicyclic) bond motifs is 1. The Morgan fingerprint density at radius 2 is 2.00 bits per heavy atom. The summed E-state index contributed by atoms with van der Waals surface area (Å²) >= 11 is 6.15. The van der Waals surface area contributed by atoms with E-state index in [2.05, 4.69) is 10.5 Å². The van der Waals surface area contributed by atoms with Gasteiger partial charge in [-0.2, -0.15) is 0 Å². The fraction of sp³-hybridized carbons (Fsp3) is 0.158. The normalized spacial score (nSPS) is 15.5. The molecule has 0 fully saturated rings. The molecule has 2 heterocycles. The van der Waals surface area contributed by atoms with Crippen LogP contribution < -0.4 is 10.1 Å². The van der Waals surface area contributed by atoms with Crippen molar-refractivity contribution in [1.29, 1.82) is 0 Å². The number of hydrogen-bond acceptors (Lipinski definition) is 4. The van der Waals surface area contributed by atoms with Gasteiger partial charge in [-0.05, 0) is 23.8 Å². The zero-order valence-electron chi connectivity index (χ0n) is 13.2. The number of hydrogen-bond donors (Lipinski definition) is 1. The van der Waals surface area contributed by atoms with Crippen molar-refractivity contribution in [2.45, 2.75) is 19.1 Å². The zero-order valence-corrected chi connectivity index (χ0v) is 14.0. The van der Waals surface area contributed by atoms with Crippen LogP contribution in [-0.2, 0) is 17.8 Å². The third-order valence-corrected chi connectivity index (χ3v) is 4.41. The molecule has 0 unspecified atom stereocenters. The van der Waals surface area contributed by atoms with Crippen molar-refractivity contribution in [3.05, 3.63) is 70.9 Å². The lowest BCUT2D eigenvalue weighted by atomic mass is 10.1. The number of nitrogens with one attached hydrogen (secondary N) is 1. The predicted octanol–water partition coefficient (Wildman–Crippen LogP) is 3.61. The van der Waals surface area contributed by atoms with Crippen LogP contribution in [0.15, 0.2) is 59.1 Å². The molecular weight excluding hydrogens is 340 g/mol. The van der Waals surface area contributed by atoms with Crippen molar-refractivity contribution in [3.63, 3.8) is 0 Å². The molecule has 5 nitrogen and oxygen atoms in total. The minimum absolute atomic E-state index is 0.168. The average Bonchev–Trinajstić information content (AvgIpc) is 3.27. The van der Waals surface area contributed by atoms with E-state index in [1.54, 1.807) is 12.1 Å². The topological polar surface area (TPSA) is 64.4 Å². The lowest BCUT2D eigenvalue weighted by Gasteiger charge is -2.10. The first kappa shape index (κ1) is 15.7. The smallest absolute Gasteiger partial charge is 0.261 e. The van der Waals surface area contributed by atoms with Crippen molar-refractivity contribution in [2.75, 3.05) is 0 Å². The van der Waals surface area contributed by atoms with Crippen molar-refractivity contribution >= 4 is 17.5 Å². The molecule has 126 valence electrons. The summed E-state index contributed by atoms with van der Waals surface area (Å²) in [4.78, 5) is 12.3. The number of carbonyl (C=O) groups is 1. The number of carbonyl (C=O) groups excluding carboxylic acids is 1. The van der Waals surface area contributed by atoms with Gasteiger partial charge in [-0.3, -0.25) is 4.79 Å². The standard InChI is InChI=1S/C19H15ClN2O3/c20-15-7-3-2-6-14(15)17-10-13(22-25-17)11-21-19(23)18-9-12-5-1-4-8-16(12)24-18/h1-8,10,18H,9,11H2,(H,21,23)/t18-/m1/s1. The molecule has 25 heavy (non-hydrogen) atoms. The monoisotopic (exact) mass is 354 g/mol. The number of nitrogens with zero attached hydrogens (tertiary/aromatic N) is 1. The van der Waals surface area contributed by atoms with E-state index in [4.69, 9.17) is 20.9 Å². The number of aromatic nitrogens is 1. The Kier molecular flexibility index (Phi) is 4.15. The Balaban J connectivity index is 1.38. The Morgan fingerprint density at radius 3 is 2.84 bits per heavy atom. The van der Waals surface area contributed by atoms with Crippen LogP contribution in [0, 0.1) is 0 Å². The van der Waals surface area contributed by atoms with Crippen LogP contribution in [0.4, 0.5) is 0 Å². The Morgan fingerprint density at radius 1 is 1.20 bits per heavy atom. The van der Waals surface area contributed by atoms with Crippen molar-refractivity contribution in [1.82, 2.24) is 10.5 Å². The van der Waals surface area contributed by atoms with Crippen molar-refractivity contribution in [2.24, 2.45) is 0 Å². The van der Waals surface area contributed by atoms with Gasteiger partial charge in [-0.25, -0.2) is 0 Å². The van der Waals surface area contributed by atoms with Crippen LogP contribution in [0.2, 0.25) is 5.02 Å². The van der Waals surface area contributed by atoms with Crippen LogP contribution in [-0.4, -0.2) is 17.2 Å². The second-order valence-corrected chi connectivity index (χ2v) is 6.21. The van der Waals surface area contributed by atoms with E-state index in [0.29, 0.717) is 22.9 Å². The summed E-state index contributed by atoms with van der Waals surface area (Å²) in [5.41, 5.74) is 2.44. The Bertz CT molecular complexity index is 897. The SMILES string of the molecule is O=C(NCc1cc(-c2ccccc2Cl)on1)[C@H]1Cc2ccccc2O1. The van der Waals surface area contributed by atoms with Gasteiger partial charge in [0, 0.05) is 18.1 Å². The summed E-state index contributed by atoms with van der Waals surface area (Å²) in [5, 5.41) is 7.41. The van der Waals surface area contributed by atoms with Crippen molar-refractivity contribution < 1.29 is 14.1 Å². The molecule has 1 aliphatic rings. The molecule has 6 heteroatoms. The minimum Gasteiger partial charge on any atom is -0.480 e. The molecule has 1 aliphatic heterocycles. The van der Waals surface area contributed by atoms with Gasteiger partial charge < -0.3 is 14.6 Å². The molecule has 0 saturated heterocycles. The zero-order chi connectivity index (χ0) is 17.2. The summed E-state index contributed by atoms with van der Waals surface area (Å²) < 4.78 is 11.0. The largest absolute Gasteiger partial charge is 0.480 e. The summed E-state index contributed by atoms with van der Waals surface area (Å²) in [6, 6.07) is 16.8. The molecule has 2 aromatic carbocycles. The van der Waals surface area contributed by atoms with Gasteiger partial charge in [0.05, 0.1) is 11.6 Å². The van der Waals surface area contributed by atoms with Crippen LogP contribution in [0.5, 0.6) is 5.75 Å². The second kappa shape index (κ2) is 6.61. The van der Waals surface area contributed by atoms with E-state index < -0.39 is 6.10 Å². The maximum absolute atomic E-state index is 12.3. The van der Waals surface area contributed by atoms with Crippen LogP contribution in [0.25, 0.3) is 11.3 Å². The molecule has 4 rings (SSSR count). The molecule has 1 aromatic heterocycles. The third kappa shape index (κ3) is 3.23. The van der Waals surface area contributed by atoms with E-state index in [0.717, 1.165) is 16.9 Å². The van der Waals surface area contributed by atoms with Gasteiger partial charge in [0.25, 0.3) is 5.91 Å². The summed E-state index contributed by atoms with van der Waals surface area (Å²) in [7, 11) is 0. The molecule has 1 atom stereocenters. The maximum atomic E-state index is 12.3. The van der Waals surface area contributed by atoms with E-state index >= 15 is 0 Å². The molecule has 0 aliphatic carbocycles. The number of halogens is 1. The highest BCUT2D eigenvalue weighted by Crippen LogP contribution is 2.29. The van der Waals surface area contributed by atoms with E-state index in [1.165, 1.54) is 0 Å². The number of amides is 1. The van der Waals surface area contributed by atoms with Gasteiger partial charge in [0.15, 0.2) is 11.9 Å². The quantitative estimate of drug-likeness (QED) is 0.777. The number of rotatable bonds is 4. The first-order chi connectivity index (χ1) is 12.2. The fourth-order valence-corrected chi connectivity index (χ4v) is 3.03. The molecule has 0 bridgehead atoms.